The molecular formula is C27H36O3. The molecule has 3 heteroatoms. The Bertz CT molecular complexity index is 814. The van der Waals surface area contributed by atoms with E-state index in [4.69, 9.17) is 4.74 Å². The fourth-order valence-electron chi connectivity index (χ4n) is 4.99. The summed E-state index contributed by atoms with van der Waals surface area (Å²) >= 11 is 0. The Morgan fingerprint density at radius 2 is 1.93 bits per heavy atom. The van der Waals surface area contributed by atoms with Gasteiger partial charge in [0.05, 0.1) is 12.0 Å². The van der Waals surface area contributed by atoms with Gasteiger partial charge in [-0.15, -0.1) is 0 Å². The number of aliphatic carboxylic acids is 1. The number of carboxylic acids is 1. The van der Waals surface area contributed by atoms with Crippen molar-refractivity contribution in [3.63, 3.8) is 0 Å². The van der Waals surface area contributed by atoms with E-state index in [1.807, 2.05) is 0 Å². The van der Waals surface area contributed by atoms with E-state index in [2.05, 4.69) is 69.3 Å². The van der Waals surface area contributed by atoms with Gasteiger partial charge >= 0.3 is 5.97 Å². The van der Waals surface area contributed by atoms with Gasteiger partial charge < -0.3 is 9.84 Å². The van der Waals surface area contributed by atoms with Gasteiger partial charge in [-0.3, -0.25) is 4.79 Å². The van der Waals surface area contributed by atoms with Crippen molar-refractivity contribution in [2.75, 3.05) is 0 Å². The molecule has 1 unspecified atom stereocenters. The third-order valence-corrected chi connectivity index (χ3v) is 6.76. The summed E-state index contributed by atoms with van der Waals surface area (Å²) in [4.78, 5) is 11.5. The van der Waals surface area contributed by atoms with Crippen LogP contribution in [0.5, 0.6) is 5.75 Å². The van der Waals surface area contributed by atoms with Crippen LogP contribution in [0.15, 0.2) is 48.5 Å². The zero-order valence-electron chi connectivity index (χ0n) is 18.6. The number of carboxylic acid groups (broad SMARTS) is 1. The van der Waals surface area contributed by atoms with Crippen molar-refractivity contribution >= 4 is 5.97 Å². The summed E-state index contributed by atoms with van der Waals surface area (Å²) in [5.74, 6) is 0.974. The van der Waals surface area contributed by atoms with Crippen LogP contribution in [0.2, 0.25) is 0 Å². The lowest BCUT2D eigenvalue weighted by atomic mass is 9.69. The minimum atomic E-state index is -0.642. The maximum atomic E-state index is 11.5. The molecule has 2 aromatic rings. The Hall–Kier alpha value is -2.29. The van der Waals surface area contributed by atoms with E-state index < -0.39 is 5.97 Å². The van der Waals surface area contributed by atoms with Crippen molar-refractivity contribution in [1.82, 2.24) is 0 Å². The molecule has 0 radical (unpaired) electrons. The summed E-state index contributed by atoms with van der Waals surface area (Å²) in [5.41, 5.74) is 3.90. The molecular weight excluding hydrogens is 372 g/mol. The fraction of sp³-hybridized carbons (Fsp3) is 0.519. The summed E-state index contributed by atoms with van der Waals surface area (Å²) < 4.78 is 6.19. The topological polar surface area (TPSA) is 46.5 Å². The predicted octanol–water partition coefficient (Wildman–Crippen LogP) is 6.78. The molecule has 0 amide bonds. The fourth-order valence-corrected chi connectivity index (χ4v) is 4.99. The van der Waals surface area contributed by atoms with Gasteiger partial charge in [0.1, 0.15) is 5.75 Å². The highest BCUT2D eigenvalue weighted by atomic mass is 16.5. The van der Waals surface area contributed by atoms with E-state index in [0.717, 1.165) is 50.7 Å². The minimum Gasteiger partial charge on any atom is -0.491 e. The molecule has 3 rings (SSSR count). The molecule has 0 heterocycles. The number of hydrogen-bond donors (Lipinski definition) is 1. The van der Waals surface area contributed by atoms with Crippen LogP contribution in [0.1, 0.15) is 75.0 Å². The predicted molar refractivity (Wildman–Crippen MR) is 122 cm³/mol. The monoisotopic (exact) mass is 408 g/mol. The van der Waals surface area contributed by atoms with Crippen molar-refractivity contribution in [3.05, 3.63) is 65.2 Å². The molecule has 1 N–H and O–H groups in total. The smallest absolute Gasteiger partial charge is 0.306 e. The van der Waals surface area contributed by atoms with Crippen LogP contribution < -0.4 is 4.74 Å². The third kappa shape index (κ3) is 5.87. The van der Waals surface area contributed by atoms with Crippen molar-refractivity contribution in [2.24, 2.45) is 11.8 Å². The molecule has 3 nitrogen and oxygen atoms in total. The molecule has 2 aromatic carbocycles. The van der Waals surface area contributed by atoms with Crippen LogP contribution >= 0.6 is 0 Å². The molecule has 0 aromatic heterocycles. The summed E-state index contributed by atoms with van der Waals surface area (Å²) in [6.07, 6.45) is 7.07. The van der Waals surface area contributed by atoms with Crippen molar-refractivity contribution in [3.8, 4) is 5.75 Å². The van der Waals surface area contributed by atoms with Gasteiger partial charge in [-0.25, -0.2) is 0 Å². The van der Waals surface area contributed by atoms with E-state index in [1.165, 1.54) is 16.7 Å². The first-order valence-corrected chi connectivity index (χ1v) is 11.5. The number of ether oxygens (including phenoxy) is 1. The third-order valence-electron chi connectivity index (χ3n) is 6.76. The Kier molecular flexibility index (Phi) is 7.95. The van der Waals surface area contributed by atoms with Crippen LogP contribution in [0.3, 0.4) is 0 Å². The van der Waals surface area contributed by atoms with E-state index in [1.54, 1.807) is 0 Å². The zero-order valence-corrected chi connectivity index (χ0v) is 18.6. The van der Waals surface area contributed by atoms with Gasteiger partial charge in [0.25, 0.3) is 0 Å². The molecule has 162 valence electrons. The van der Waals surface area contributed by atoms with Gasteiger partial charge in [-0.1, -0.05) is 49.7 Å². The quantitative estimate of drug-likeness (QED) is 0.497. The lowest BCUT2D eigenvalue weighted by Crippen LogP contribution is -2.28. The maximum Gasteiger partial charge on any atom is 0.306 e. The Balaban J connectivity index is 1.59. The molecule has 0 bridgehead atoms. The average Bonchev–Trinajstić information content (AvgIpc) is 2.74. The maximum absolute atomic E-state index is 11.5. The highest BCUT2D eigenvalue weighted by Gasteiger charge is 2.34. The second-order valence-electron chi connectivity index (χ2n) is 8.95. The molecule has 30 heavy (non-hydrogen) atoms. The van der Waals surface area contributed by atoms with E-state index in [0.29, 0.717) is 11.8 Å². The number of rotatable bonds is 9. The van der Waals surface area contributed by atoms with Gasteiger partial charge in [-0.05, 0) is 93.0 Å². The Morgan fingerprint density at radius 3 is 2.60 bits per heavy atom. The van der Waals surface area contributed by atoms with E-state index >= 15 is 0 Å². The van der Waals surface area contributed by atoms with Gasteiger partial charge in [0.15, 0.2) is 0 Å². The van der Waals surface area contributed by atoms with Crippen molar-refractivity contribution in [1.29, 1.82) is 0 Å². The van der Waals surface area contributed by atoms with Gasteiger partial charge in [-0.2, -0.15) is 0 Å². The summed E-state index contributed by atoms with van der Waals surface area (Å²) in [6, 6.07) is 17.0. The second-order valence-corrected chi connectivity index (χ2v) is 8.95. The standard InChI is InChI=1S/C27H36O3/c1-4-22-13-14-23(27(28)29)18-26(22)25-16-15-24(17-19(25)2)30-20(3)9-8-12-21-10-6-5-7-11-21/h5-7,10-11,15-17,20,22-23,26H,4,8-9,12-14,18H2,1-3H3,(H,28,29)/t20-,22-,23-,26?/m1/s1. The average molecular weight is 409 g/mol. The van der Waals surface area contributed by atoms with Crippen LogP contribution in [0.25, 0.3) is 0 Å². The first-order chi connectivity index (χ1) is 14.5. The molecule has 0 saturated heterocycles. The summed E-state index contributed by atoms with van der Waals surface area (Å²) in [5, 5.41) is 9.50. The number of carbonyl (C=O) groups is 1. The number of benzene rings is 2. The lowest BCUT2D eigenvalue weighted by Gasteiger charge is -2.35. The van der Waals surface area contributed by atoms with Gasteiger partial charge in [0, 0.05) is 0 Å². The zero-order chi connectivity index (χ0) is 21.5. The molecule has 0 aliphatic heterocycles. The van der Waals surface area contributed by atoms with Crippen LogP contribution in [0, 0.1) is 18.8 Å². The first kappa shape index (κ1) is 22.4. The Morgan fingerprint density at radius 1 is 1.17 bits per heavy atom. The lowest BCUT2D eigenvalue weighted by molar-refractivity contribution is -0.143. The molecule has 1 aliphatic rings. The normalized spacial score (nSPS) is 22.4. The summed E-state index contributed by atoms with van der Waals surface area (Å²) in [7, 11) is 0. The highest BCUT2D eigenvalue weighted by Crippen LogP contribution is 2.43. The molecule has 1 aliphatic carbocycles. The minimum absolute atomic E-state index is 0.174. The first-order valence-electron chi connectivity index (χ1n) is 11.5. The Labute approximate surface area is 181 Å². The summed E-state index contributed by atoms with van der Waals surface area (Å²) in [6.45, 7) is 6.50. The SMILES string of the molecule is CC[C@@H]1CC[C@@H](C(=O)O)CC1c1ccc(O[C@H](C)CCCc2ccccc2)cc1C. The molecule has 1 fully saturated rings. The van der Waals surface area contributed by atoms with Gasteiger partial charge in [0.2, 0.25) is 0 Å². The molecule has 1 saturated carbocycles. The number of hydrogen-bond acceptors (Lipinski definition) is 2. The van der Waals surface area contributed by atoms with Crippen LogP contribution in [-0.2, 0) is 11.2 Å². The molecule has 0 spiro atoms. The van der Waals surface area contributed by atoms with Crippen LogP contribution in [0.4, 0.5) is 0 Å². The molecule has 4 atom stereocenters. The van der Waals surface area contributed by atoms with Crippen LogP contribution in [-0.4, -0.2) is 17.2 Å². The van der Waals surface area contributed by atoms with E-state index in [9.17, 15) is 9.90 Å². The number of aryl methyl sites for hydroxylation is 2. The van der Waals surface area contributed by atoms with Crippen molar-refractivity contribution in [2.45, 2.75) is 77.7 Å². The largest absolute Gasteiger partial charge is 0.491 e. The second kappa shape index (κ2) is 10.7. The van der Waals surface area contributed by atoms with Crippen molar-refractivity contribution < 1.29 is 14.6 Å². The van der Waals surface area contributed by atoms with E-state index in [-0.39, 0.29) is 12.0 Å². The highest BCUT2D eigenvalue weighted by molar-refractivity contribution is 5.70.